The summed E-state index contributed by atoms with van der Waals surface area (Å²) in [4.78, 5) is 4.27. The largest absolute Gasteiger partial charge is 0.394 e. The van der Waals surface area contributed by atoms with Crippen molar-refractivity contribution in [2.75, 3.05) is 6.61 Å². The number of nitrogens with zero attached hydrogens (tertiary/aromatic N) is 1. The second kappa shape index (κ2) is 4.26. The molecule has 0 bridgehead atoms. The zero-order valence-electron chi connectivity index (χ0n) is 8.02. The van der Waals surface area contributed by atoms with E-state index in [9.17, 15) is 0 Å². The molecule has 0 saturated carbocycles. The van der Waals surface area contributed by atoms with E-state index in [2.05, 4.69) is 20.9 Å². The van der Waals surface area contributed by atoms with Crippen molar-refractivity contribution in [3.63, 3.8) is 0 Å². The summed E-state index contributed by atoms with van der Waals surface area (Å²) in [5.74, 6) is 0. The van der Waals surface area contributed by atoms with Crippen LogP contribution in [-0.4, -0.2) is 16.7 Å². The van der Waals surface area contributed by atoms with Gasteiger partial charge < -0.3 is 10.8 Å². The van der Waals surface area contributed by atoms with Gasteiger partial charge in [0, 0.05) is 16.1 Å². The third-order valence-electron chi connectivity index (χ3n) is 2.35. The Balaban J connectivity index is 2.71. The van der Waals surface area contributed by atoms with Crippen LogP contribution >= 0.6 is 15.9 Å². The molecule has 0 aliphatic heterocycles. The number of nitrogens with two attached hydrogens (primary N) is 1. The lowest BCUT2D eigenvalue weighted by Crippen LogP contribution is -2.14. The van der Waals surface area contributed by atoms with Crippen LogP contribution in [0.1, 0.15) is 11.6 Å². The highest BCUT2D eigenvalue weighted by Gasteiger charge is 2.10. The van der Waals surface area contributed by atoms with Crippen LogP contribution in [-0.2, 0) is 0 Å². The number of aromatic nitrogens is 1. The highest BCUT2D eigenvalue weighted by Crippen LogP contribution is 2.26. The molecule has 3 nitrogen and oxygen atoms in total. The van der Waals surface area contributed by atoms with Gasteiger partial charge in [0.1, 0.15) is 0 Å². The molecule has 1 heterocycles. The van der Waals surface area contributed by atoms with Gasteiger partial charge in [-0.05, 0) is 33.6 Å². The minimum atomic E-state index is -0.357. The van der Waals surface area contributed by atoms with Crippen molar-refractivity contribution in [2.45, 2.75) is 6.04 Å². The second-order valence-electron chi connectivity index (χ2n) is 3.33. The van der Waals surface area contributed by atoms with E-state index >= 15 is 0 Å². The highest BCUT2D eigenvalue weighted by molar-refractivity contribution is 9.10. The number of hydrogen-bond acceptors (Lipinski definition) is 3. The van der Waals surface area contributed by atoms with Crippen molar-refractivity contribution in [2.24, 2.45) is 5.73 Å². The molecule has 0 radical (unpaired) electrons. The van der Waals surface area contributed by atoms with Crippen molar-refractivity contribution in [3.8, 4) is 0 Å². The van der Waals surface area contributed by atoms with Crippen LogP contribution < -0.4 is 5.73 Å². The zero-order valence-corrected chi connectivity index (χ0v) is 9.61. The quantitative estimate of drug-likeness (QED) is 0.874. The highest BCUT2D eigenvalue weighted by atomic mass is 79.9. The summed E-state index contributed by atoms with van der Waals surface area (Å²) in [6.45, 7) is -0.0639. The van der Waals surface area contributed by atoms with Gasteiger partial charge in [-0.3, -0.25) is 4.98 Å². The Morgan fingerprint density at radius 2 is 2.20 bits per heavy atom. The number of para-hydroxylation sites is 1. The smallest absolute Gasteiger partial charge is 0.0847 e. The normalized spacial score (nSPS) is 13.0. The number of benzene rings is 1. The fraction of sp³-hybridized carbons (Fsp3) is 0.182. The molecule has 0 aliphatic carbocycles. The van der Waals surface area contributed by atoms with E-state index in [1.807, 2.05) is 24.3 Å². The average molecular weight is 267 g/mol. The van der Waals surface area contributed by atoms with Gasteiger partial charge in [-0.15, -0.1) is 0 Å². The molecule has 1 aromatic carbocycles. The molecular weight excluding hydrogens is 256 g/mol. The van der Waals surface area contributed by atoms with Crippen LogP contribution in [0.5, 0.6) is 0 Å². The fourth-order valence-corrected chi connectivity index (χ4v) is 2.05. The summed E-state index contributed by atoms with van der Waals surface area (Å²) in [7, 11) is 0. The van der Waals surface area contributed by atoms with Crippen molar-refractivity contribution in [1.29, 1.82) is 0 Å². The summed E-state index contributed by atoms with van der Waals surface area (Å²) in [5, 5.41) is 10.0. The molecule has 0 fully saturated rings. The summed E-state index contributed by atoms with van der Waals surface area (Å²) in [5.41, 5.74) is 7.61. The molecular formula is C11H11BrN2O. The van der Waals surface area contributed by atoms with E-state index in [0.717, 1.165) is 20.9 Å². The molecule has 78 valence electrons. The lowest BCUT2D eigenvalue weighted by Gasteiger charge is -2.11. The Morgan fingerprint density at radius 3 is 2.93 bits per heavy atom. The van der Waals surface area contributed by atoms with Crippen molar-refractivity contribution in [3.05, 3.63) is 40.5 Å². The third-order valence-corrected chi connectivity index (χ3v) is 2.99. The predicted molar refractivity (Wildman–Crippen MR) is 63.5 cm³/mol. The van der Waals surface area contributed by atoms with E-state index in [1.165, 1.54) is 0 Å². The lowest BCUT2D eigenvalue weighted by molar-refractivity contribution is 0.268. The van der Waals surface area contributed by atoms with Gasteiger partial charge in [-0.25, -0.2) is 0 Å². The Bertz CT molecular complexity index is 487. The molecule has 0 aliphatic rings. The van der Waals surface area contributed by atoms with Crippen molar-refractivity contribution < 1.29 is 5.11 Å². The second-order valence-corrected chi connectivity index (χ2v) is 4.18. The van der Waals surface area contributed by atoms with Crippen molar-refractivity contribution in [1.82, 2.24) is 4.98 Å². The van der Waals surface area contributed by atoms with Crippen LogP contribution in [0.25, 0.3) is 10.9 Å². The van der Waals surface area contributed by atoms with Gasteiger partial charge in [-0.2, -0.15) is 0 Å². The number of rotatable bonds is 2. The molecule has 0 amide bonds. The SMILES string of the molecule is NC(CO)c1ccnc2c(Br)cccc12. The van der Waals surface area contributed by atoms with Gasteiger partial charge in [-0.1, -0.05) is 12.1 Å². The minimum absolute atomic E-state index is 0.0639. The Morgan fingerprint density at radius 1 is 1.40 bits per heavy atom. The maximum atomic E-state index is 9.06. The standard InChI is InChI=1S/C11H11BrN2O/c12-9-3-1-2-8-7(10(13)6-15)4-5-14-11(8)9/h1-5,10,15H,6,13H2. The first-order chi connectivity index (χ1) is 7.24. The van der Waals surface area contributed by atoms with Gasteiger partial charge in [0.15, 0.2) is 0 Å². The first-order valence-electron chi connectivity index (χ1n) is 4.63. The molecule has 2 rings (SSSR count). The van der Waals surface area contributed by atoms with Crippen LogP contribution in [0, 0.1) is 0 Å². The van der Waals surface area contributed by atoms with Crippen molar-refractivity contribution >= 4 is 26.8 Å². The maximum absolute atomic E-state index is 9.06. The third kappa shape index (κ3) is 1.88. The van der Waals surface area contributed by atoms with E-state index < -0.39 is 0 Å². The number of aliphatic hydroxyl groups excluding tert-OH is 1. The summed E-state index contributed by atoms with van der Waals surface area (Å²) in [6.07, 6.45) is 1.71. The number of fused-ring (bicyclic) bond motifs is 1. The van der Waals surface area contributed by atoms with E-state index in [0.29, 0.717) is 0 Å². The average Bonchev–Trinajstić information content (AvgIpc) is 2.28. The van der Waals surface area contributed by atoms with E-state index in [4.69, 9.17) is 10.8 Å². The number of halogens is 1. The molecule has 2 aromatic rings. The Kier molecular flexibility index (Phi) is 3.00. The molecule has 15 heavy (non-hydrogen) atoms. The maximum Gasteiger partial charge on any atom is 0.0847 e. The predicted octanol–water partition coefficient (Wildman–Crippen LogP) is 1.99. The van der Waals surface area contributed by atoms with Crippen LogP contribution in [0.4, 0.5) is 0 Å². The molecule has 1 unspecified atom stereocenters. The van der Waals surface area contributed by atoms with Crippen LogP contribution in [0.2, 0.25) is 0 Å². The molecule has 0 saturated heterocycles. The van der Waals surface area contributed by atoms with Gasteiger partial charge in [0.05, 0.1) is 18.2 Å². The number of hydrogen-bond donors (Lipinski definition) is 2. The van der Waals surface area contributed by atoms with Crippen LogP contribution in [0.3, 0.4) is 0 Å². The molecule has 0 spiro atoms. The first kappa shape index (κ1) is 10.5. The lowest BCUT2D eigenvalue weighted by atomic mass is 10.0. The zero-order chi connectivity index (χ0) is 10.8. The summed E-state index contributed by atoms with van der Waals surface area (Å²) < 4.78 is 0.937. The molecule has 4 heteroatoms. The van der Waals surface area contributed by atoms with Gasteiger partial charge in [0.25, 0.3) is 0 Å². The van der Waals surface area contributed by atoms with Gasteiger partial charge in [0.2, 0.25) is 0 Å². The fourth-order valence-electron chi connectivity index (χ4n) is 1.58. The minimum Gasteiger partial charge on any atom is -0.394 e. The topological polar surface area (TPSA) is 59.1 Å². The Labute approximate surface area is 96.1 Å². The van der Waals surface area contributed by atoms with Gasteiger partial charge >= 0.3 is 0 Å². The van der Waals surface area contributed by atoms with Crippen LogP contribution in [0.15, 0.2) is 34.9 Å². The van der Waals surface area contributed by atoms with E-state index in [-0.39, 0.29) is 12.6 Å². The summed E-state index contributed by atoms with van der Waals surface area (Å²) in [6, 6.07) is 7.31. The molecule has 1 aromatic heterocycles. The Hall–Kier alpha value is -0.970. The number of pyridine rings is 1. The molecule has 1 atom stereocenters. The monoisotopic (exact) mass is 266 g/mol. The number of aliphatic hydroxyl groups is 1. The first-order valence-corrected chi connectivity index (χ1v) is 5.43. The molecule has 3 N–H and O–H groups in total. The van der Waals surface area contributed by atoms with E-state index in [1.54, 1.807) is 6.20 Å². The summed E-state index contributed by atoms with van der Waals surface area (Å²) >= 11 is 3.44.